The van der Waals surface area contributed by atoms with Gasteiger partial charge in [-0.3, -0.25) is 9.59 Å². The Balaban J connectivity index is 2.56. The molecule has 1 N–H and O–H groups in total. The maximum atomic E-state index is 12.0. The van der Waals surface area contributed by atoms with Crippen molar-refractivity contribution in [3.8, 4) is 5.75 Å². The average molecular weight is 397 g/mol. The van der Waals surface area contributed by atoms with E-state index < -0.39 is 23.1 Å². The molecule has 1 atom stereocenters. The van der Waals surface area contributed by atoms with Gasteiger partial charge in [-0.1, -0.05) is 28.1 Å². The van der Waals surface area contributed by atoms with Gasteiger partial charge in [0.25, 0.3) is 0 Å². The molecule has 7 heteroatoms. The second-order valence-corrected chi connectivity index (χ2v) is 6.02. The third kappa shape index (κ3) is 4.24. The number of ether oxygens (including phenoxy) is 2. The summed E-state index contributed by atoms with van der Waals surface area (Å²) in [7, 11) is 2.74. The summed E-state index contributed by atoms with van der Waals surface area (Å²) in [5.41, 5.74) is 0.117. The van der Waals surface area contributed by atoms with Crippen molar-refractivity contribution in [3.05, 3.63) is 62.1 Å². The van der Waals surface area contributed by atoms with E-state index >= 15 is 0 Å². The molecule has 0 unspecified atom stereocenters. The molecular weight excluding hydrogens is 380 g/mol. The van der Waals surface area contributed by atoms with Gasteiger partial charge in [0.15, 0.2) is 5.76 Å². The number of halogens is 1. The van der Waals surface area contributed by atoms with E-state index in [9.17, 15) is 14.7 Å². The zero-order chi connectivity index (χ0) is 17.7. The van der Waals surface area contributed by atoms with Crippen LogP contribution in [0.15, 0.2) is 44.0 Å². The van der Waals surface area contributed by atoms with Crippen molar-refractivity contribution in [2.45, 2.75) is 18.9 Å². The molecule has 0 aliphatic carbocycles. The largest absolute Gasteiger partial charge is 0.502 e. The van der Waals surface area contributed by atoms with E-state index in [-0.39, 0.29) is 24.5 Å². The maximum absolute atomic E-state index is 12.0. The molecule has 1 heterocycles. The number of aromatic hydroxyl groups is 1. The van der Waals surface area contributed by atoms with Crippen LogP contribution >= 0.6 is 15.9 Å². The number of carbonyl (C=O) groups is 1. The predicted molar refractivity (Wildman–Crippen MR) is 90.0 cm³/mol. The molecule has 24 heavy (non-hydrogen) atoms. The quantitative estimate of drug-likeness (QED) is 0.755. The lowest BCUT2D eigenvalue weighted by atomic mass is 9.92. The number of rotatable bonds is 6. The van der Waals surface area contributed by atoms with Crippen molar-refractivity contribution in [2.24, 2.45) is 0 Å². The summed E-state index contributed by atoms with van der Waals surface area (Å²) in [5.74, 6) is -1.38. The lowest BCUT2D eigenvalue weighted by Crippen LogP contribution is -2.14. The van der Waals surface area contributed by atoms with Crippen LogP contribution in [-0.4, -0.2) is 25.3 Å². The van der Waals surface area contributed by atoms with Crippen LogP contribution in [0.25, 0.3) is 0 Å². The lowest BCUT2D eigenvalue weighted by Gasteiger charge is -2.17. The zero-order valence-corrected chi connectivity index (χ0v) is 14.8. The van der Waals surface area contributed by atoms with E-state index in [2.05, 4.69) is 15.9 Å². The van der Waals surface area contributed by atoms with E-state index in [1.807, 2.05) is 0 Å². The number of hydrogen-bond acceptors (Lipinski definition) is 6. The Morgan fingerprint density at radius 3 is 2.54 bits per heavy atom. The molecule has 2 aromatic rings. The highest BCUT2D eigenvalue weighted by atomic mass is 79.9. The number of carbonyl (C=O) groups excluding carboxylic acids is 1. The SMILES string of the molecule is COCc1cc(=O)c(O)c([C@H](CC(=O)OC)c2ccc(Br)cc2)o1. The molecule has 6 nitrogen and oxygen atoms in total. The third-order valence-corrected chi connectivity index (χ3v) is 4.00. The van der Waals surface area contributed by atoms with Gasteiger partial charge in [0.2, 0.25) is 11.2 Å². The Morgan fingerprint density at radius 1 is 1.29 bits per heavy atom. The van der Waals surface area contributed by atoms with Crippen molar-refractivity contribution < 1.29 is 23.8 Å². The highest BCUT2D eigenvalue weighted by molar-refractivity contribution is 9.10. The Kier molecular flexibility index (Phi) is 6.16. The molecule has 0 bridgehead atoms. The standard InChI is InChI=1S/C17H17BrO6/c1-22-9-12-7-14(19)16(21)17(24-12)13(8-15(20)23-2)10-3-5-11(18)6-4-10/h3-7,13,21H,8-9H2,1-2H3/t13-/m1/s1. The van der Waals surface area contributed by atoms with Crippen molar-refractivity contribution in [3.63, 3.8) is 0 Å². The molecule has 2 rings (SSSR count). The minimum atomic E-state index is -0.657. The van der Waals surface area contributed by atoms with Gasteiger partial charge in [-0.05, 0) is 17.7 Å². The molecule has 1 aromatic heterocycles. The highest BCUT2D eigenvalue weighted by Crippen LogP contribution is 2.34. The van der Waals surface area contributed by atoms with Gasteiger partial charge < -0.3 is 19.0 Å². The van der Waals surface area contributed by atoms with Crippen LogP contribution in [0, 0.1) is 0 Å². The van der Waals surface area contributed by atoms with Crippen LogP contribution in [0.3, 0.4) is 0 Å². The number of methoxy groups -OCH3 is 2. The van der Waals surface area contributed by atoms with Crippen LogP contribution in [0.4, 0.5) is 0 Å². The first-order valence-electron chi connectivity index (χ1n) is 7.13. The predicted octanol–water partition coefficient (Wildman–Crippen LogP) is 2.95. The second-order valence-electron chi connectivity index (χ2n) is 5.11. The number of esters is 1. The molecule has 0 saturated heterocycles. The highest BCUT2D eigenvalue weighted by Gasteiger charge is 2.26. The van der Waals surface area contributed by atoms with Gasteiger partial charge in [0, 0.05) is 17.6 Å². The monoisotopic (exact) mass is 396 g/mol. The van der Waals surface area contributed by atoms with E-state index in [1.54, 1.807) is 24.3 Å². The van der Waals surface area contributed by atoms with Crippen LogP contribution < -0.4 is 5.43 Å². The molecule has 0 aliphatic rings. The minimum Gasteiger partial charge on any atom is -0.502 e. The molecule has 0 spiro atoms. The van der Waals surface area contributed by atoms with E-state index in [1.165, 1.54) is 20.3 Å². The summed E-state index contributed by atoms with van der Waals surface area (Å²) in [6.45, 7) is 0.0772. The van der Waals surface area contributed by atoms with Crippen molar-refractivity contribution in [1.82, 2.24) is 0 Å². The fourth-order valence-corrected chi connectivity index (χ4v) is 2.58. The summed E-state index contributed by atoms with van der Waals surface area (Å²) >= 11 is 3.34. The van der Waals surface area contributed by atoms with Crippen LogP contribution in [0.5, 0.6) is 5.75 Å². The summed E-state index contributed by atoms with van der Waals surface area (Å²) < 4.78 is 16.2. The summed E-state index contributed by atoms with van der Waals surface area (Å²) in [6.07, 6.45) is -0.0783. The Labute approximate surface area is 147 Å². The summed E-state index contributed by atoms with van der Waals surface area (Å²) in [6, 6.07) is 8.32. The number of benzene rings is 1. The fraction of sp³-hybridized carbons (Fsp3) is 0.294. The Bertz CT molecular complexity index is 766. The van der Waals surface area contributed by atoms with Gasteiger partial charge in [-0.2, -0.15) is 0 Å². The molecule has 0 radical (unpaired) electrons. The van der Waals surface area contributed by atoms with Crippen LogP contribution in [0.2, 0.25) is 0 Å². The van der Waals surface area contributed by atoms with Gasteiger partial charge in [-0.25, -0.2) is 0 Å². The molecule has 0 amide bonds. The van der Waals surface area contributed by atoms with Gasteiger partial charge in [-0.15, -0.1) is 0 Å². The van der Waals surface area contributed by atoms with E-state index in [0.717, 1.165) is 4.47 Å². The van der Waals surface area contributed by atoms with Crippen molar-refractivity contribution >= 4 is 21.9 Å². The van der Waals surface area contributed by atoms with E-state index in [4.69, 9.17) is 13.9 Å². The van der Waals surface area contributed by atoms with Gasteiger partial charge in [0.1, 0.15) is 12.4 Å². The first-order chi connectivity index (χ1) is 11.5. The first kappa shape index (κ1) is 18.2. The van der Waals surface area contributed by atoms with E-state index in [0.29, 0.717) is 5.56 Å². The number of hydrogen-bond donors (Lipinski definition) is 1. The normalized spacial score (nSPS) is 12.0. The summed E-state index contributed by atoms with van der Waals surface area (Å²) in [5, 5.41) is 10.2. The smallest absolute Gasteiger partial charge is 0.306 e. The second kappa shape index (κ2) is 8.12. The Morgan fingerprint density at radius 2 is 1.96 bits per heavy atom. The van der Waals surface area contributed by atoms with Gasteiger partial charge in [0.05, 0.1) is 19.4 Å². The topological polar surface area (TPSA) is 86.0 Å². The molecular formula is C17H17BrO6. The van der Waals surface area contributed by atoms with Crippen molar-refractivity contribution in [2.75, 3.05) is 14.2 Å². The van der Waals surface area contributed by atoms with Crippen molar-refractivity contribution in [1.29, 1.82) is 0 Å². The first-order valence-corrected chi connectivity index (χ1v) is 7.92. The molecule has 0 aliphatic heterocycles. The minimum absolute atomic E-state index is 0.0160. The third-order valence-electron chi connectivity index (χ3n) is 3.47. The van der Waals surface area contributed by atoms with Crippen LogP contribution in [-0.2, 0) is 20.9 Å². The molecule has 1 aromatic carbocycles. The molecule has 0 saturated carbocycles. The van der Waals surface area contributed by atoms with Crippen LogP contribution in [0.1, 0.15) is 29.4 Å². The average Bonchev–Trinajstić information content (AvgIpc) is 2.57. The zero-order valence-electron chi connectivity index (χ0n) is 13.2. The van der Waals surface area contributed by atoms with Gasteiger partial charge >= 0.3 is 5.97 Å². The molecule has 0 fully saturated rings. The lowest BCUT2D eigenvalue weighted by molar-refractivity contribution is -0.140. The summed E-state index contributed by atoms with van der Waals surface area (Å²) in [4.78, 5) is 23.8. The molecule has 128 valence electrons. The fourth-order valence-electron chi connectivity index (χ4n) is 2.31. The maximum Gasteiger partial charge on any atom is 0.306 e. The Hall–Kier alpha value is -2.12.